The van der Waals surface area contributed by atoms with Crippen LogP contribution in [0.15, 0.2) is 0 Å². The average Bonchev–Trinajstić information content (AvgIpc) is 2.72. The zero-order valence-electron chi connectivity index (χ0n) is 65.9. The molecule has 0 aliphatic rings. The predicted molar refractivity (Wildman–Crippen MR) is 416 cm³/mol. The molecular weight excluding hydrogens is 1210 g/mol. The highest BCUT2D eigenvalue weighted by Crippen LogP contribution is 2.38. The van der Waals surface area contributed by atoms with Crippen LogP contribution in [0.25, 0.3) is 0 Å². The fraction of sp³-hybridized carbons (Fsp3) is 0.977. The molecule has 0 radical (unpaired) electrons. The Labute approximate surface area is 601 Å². The summed E-state index contributed by atoms with van der Waals surface area (Å²) in [4.78, 5) is 38.2. The number of carbonyl (C=O) groups excluding carboxylic acids is 2. The summed E-state index contributed by atoms with van der Waals surface area (Å²) in [7, 11) is 1.20. The minimum absolute atomic E-state index is 0.0246. The number of esters is 2. The third kappa shape index (κ3) is 82.0. The fourth-order valence-corrected chi connectivity index (χ4v) is 14.7. The molecule has 0 N–H and O–H groups in total. The van der Waals surface area contributed by atoms with Gasteiger partial charge >= 0.3 is 11.9 Å². The first-order valence-electron chi connectivity index (χ1n) is 43.7. The molecule has 0 aromatic heterocycles. The van der Waals surface area contributed by atoms with Crippen LogP contribution in [-0.2, 0) is 32.7 Å². The van der Waals surface area contributed by atoms with Crippen molar-refractivity contribution in [2.24, 2.45) is 0 Å². The Balaban J connectivity index is 3.83. The van der Waals surface area contributed by atoms with Crippen molar-refractivity contribution < 1.29 is 42.1 Å². The maximum absolute atomic E-state index is 12.9. The lowest BCUT2D eigenvalue weighted by Crippen LogP contribution is -2.37. The van der Waals surface area contributed by atoms with Crippen molar-refractivity contribution in [3.63, 3.8) is 0 Å². The normalized spacial score (nSPS) is 12.9. The monoisotopic (exact) mass is 1380 g/mol. The van der Waals surface area contributed by atoms with Gasteiger partial charge in [-0.15, -0.1) is 0 Å². The first-order valence-corrected chi connectivity index (χ1v) is 45.2. The second-order valence-corrected chi connectivity index (χ2v) is 33.0. The van der Waals surface area contributed by atoms with Crippen molar-refractivity contribution in [3.8, 4) is 0 Å². The van der Waals surface area contributed by atoms with Gasteiger partial charge in [0, 0.05) is 12.8 Å². The number of likely N-dealkylation sites (N-methyl/N-ethyl adjacent to an activating group) is 1. The van der Waals surface area contributed by atoms with Crippen LogP contribution in [0.5, 0.6) is 0 Å². The van der Waals surface area contributed by atoms with E-state index in [4.69, 9.17) is 18.5 Å². The van der Waals surface area contributed by atoms with E-state index in [0.717, 1.165) is 32.1 Å². The molecule has 0 saturated heterocycles. The summed E-state index contributed by atoms with van der Waals surface area (Å²) in [5, 5.41) is 0. The van der Waals surface area contributed by atoms with Gasteiger partial charge in [-0.3, -0.25) is 14.2 Å². The van der Waals surface area contributed by atoms with Gasteiger partial charge in [-0.2, -0.15) is 0 Å². The quantitative estimate of drug-likeness (QED) is 0.0256. The molecule has 0 aromatic rings. The SMILES string of the molecule is CCCCCCCCCCCCCCCCCCCCCCCCCCCCCCCCCCCCCCCC(=O)OC(COC(=O)CCCCCCCCCCCCCCCCCCCCCCCCCCCCCCCCCCCCC)COP(=O)([O-])OCC[N+](C)(C)C. The fourth-order valence-electron chi connectivity index (χ4n) is 14.0. The molecule has 0 bridgehead atoms. The number of phosphoric acid groups is 1. The molecule has 96 heavy (non-hydrogen) atoms. The third-order valence-corrected chi connectivity index (χ3v) is 21.6. The van der Waals surface area contributed by atoms with Crippen molar-refractivity contribution in [1.29, 1.82) is 0 Å². The summed E-state index contributed by atoms with van der Waals surface area (Å²) in [6, 6.07) is 0. The molecule has 2 atom stereocenters. The van der Waals surface area contributed by atoms with Crippen molar-refractivity contribution in [2.45, 2.75) is 495 Å². The first-order chi connectivity index (χ1) is 47.0. The van der Waals surface area contributed by atoms with E-state index in [1.54, 1.807) is 0 Å². The van der Waals surface area contributed by atoms with Crippen molar-refractivity contribution in [2.75, 3.05) is 47.5 Å². The van der Waals surface area contributed by atoms with Crippen LogP contribution >= 0.6 is 7.82 Å². The van der Waals surface area contributed by atoms with E-state index in [1.807, 2.05) is 21.1 Å². The maximum atomic E-state index is 12.9. The highest BCUT2D eigenvalue weighted by Gasteiger charge is 2.22. The minimum Gasteiger partial charge on any atom is -0.756 e. The lowest BCUT2D eigenvalue weighted by molar-refractivity contribution is -0.870. The number of ether oxygens (including phenoxy) is 2. The number of phosphoric ester groups is 1. The highest BCUT2D eigenvalue weighted by molar-refractivity contribution is 7.45. The molecule has 0 saturated carbocycles. The van der Waals surface area contributed by atoms with E-state index >= 15 is 0 Å². The number of hydrogen-bond donors (Lipinski definition) is 0. The Bertz CT molecular complexity index is 1570. The Morgan fingerprint density at radius 2 is 0.469 bits per heavy atom. The van der Waals surface area contributed by atoms with E-state index in [9.17, 15) is 19.0 Å². The molecule has 0 aromatic carbocycles. The summed E-state index contributed by atoms with van der Waals surface area (Å²) in [6.07, 6.45) is 98.5. The van der Waals surface area contributed by atoms with Gasteiger partial charge in [-0.05, 0) is 12.8 Å². The summed E-state index contributed by atoms with van der Waals surface area (Å²) < 4.78 is 34.5. The largest absolute Gasteiger partial charge is 0.756 e. The van der Waals surface area contributed by atoms with Gasteiger partial charge in [-0.25, -0.2) is 0 Å². The van der Waals surface area contributed by atoms with Gasteiger partial charge in [0.25, 0.3) is 7.82 Å². The van der Waals surface area contributed by atoms with E-state index in [1.165, 1.54) is 424 Å². The standard InChI is InChI=1S/C86H172NO8P/c1-6-8-10-12-14-16-18-20-22-24-26-28-30-32-34-36-38-40-42-43-45-47-49-51-53-55-57-59-61-63-65-67-69-71-73-75-77-79-86(89)95-84(83-94-96(90,91)93-81-80-87(3,4)5)82-92-85(88)78-76-74-72-70-68-66-64-62-60-58-56-54-52-50-48-46-44-41-39-37-35-33-31-29-27-25-23-21-19-17-15-13-11-9-7-2/h84H,6-83H2,1-5H3. The van der Waals surface area contributed by atoms with Crippen LogP contribution < -0.4 is 4.89 Å². The van der Waals surface area contributed by atoms with Gasteiger partial charge < -0.3 is 27.9 Å². The zero-order chi connectivity index (χ0) is 69.7. The molecule has 0 aliphatic carbocycles. The average molecular weight is 1380 g/mol. The van der Waals surface area contributed by atoms with Gasteiger partial charge in [-0.1, -0.05) is 463 Å². The smallest absolute Gasteiger partial charge is 0.306 e. The molecule has 574 valence electrons. The molecule has 0 heterocycles. The van der Waals surface area contributed by atoms with Crippen LogP contribution in [0, 0.1) is 0 Å². The van der Waals surface area contributed by atoms with E-state index in [2.05, 4.69) is 13.8 Å². The predicted octanol–water partition coefficient (Wildman–Crippen LogP) is 28.6. The van der Waals surface area contributed by atoms with Crippen molar-refractivity contribution in [3.05, 3.63) is 0 Å². The molecule has 10 heteroatoms. The Morgan fingerprint density at radius 3 is 0.667 bits per heavy atom. The number of hydrogen-bond acceptors (Lipinski definition) is 8. The molecule has 0 aliphatic heterocycles. The van der Waals surface area contributed by atoms with Crippen molar-refractivity contribution >= 4 is 19.8 Å². The highest BCUT2D eigenvalue weighted by atomic mass is 31.2. The van der Waals surface area contributed by atoms with Crippen LogP contribution in [0.4, 0.5) is 0 Å². The molecule has 9 nitrogen and oxygen atoms in total. The van der Waals surface area contributed by atoms with E-state index in [0.29, 0.717) is 17.4 Å². The van der Waals surface area contributed by atoms with Gasteiger partial charge in [0.15, 0.2) is 6.10 Å². The summed E-state index contributed by atoms with van der Waals surface area (Å²) in [5.41, 5.74) is 0. The molecule has 0 amide bonds. The molecule has 0 rings (SSSR count). The van der Waals surface area contributed by atoms with Crippen LogP contribution in [0.3, 0.4) is 0 Å². The van der Waals surface area contributed by atoms with Crippen LogP contribution in [-0.4, -0.2) is 70.0 Å². The Morgan fingerprint density at radius 1 is 0.281 bits per heavy atom. The molecule has 0 fully saturated rings. The summed E-state index contributed by atoms with van der Waals surface area (Å²) in [5.74, 6) is -0.798. The van der Waals surface area contributed by atoms with Crippen molar-refractivity contribution in [1.82, 2.24) is 0 Å². The molecular formula is C86H172NO8P. The maximum Gasteiger partial charge on any atom is 0.306 e. The third-order valence-electron chi connectivity index (χ3n) is 20.6. The second kappa shape index (κ2) is 78.2. The first kappa shape index (κ1) is 95.0. The Kier molecular flexibility index (Phi) is 77.3. The van der Waals surface area contributed by atoms with Gasteiger partial charge in [0.1, 0.15) is 19.8 Å². The number of rotatable bonds is 84. The topological polar surface area (TPSA) is 111 Å². The van der Waals surface area contributed by atoms with Gasteiger partial charge in [0.05, 0.1) is 27.7 Å². The van der Waals surface area contributed by atoms with E-state index < -0.39 is 26.5 Å². The summed E-state index contributed by atoms with van der Waals surface area (Å²) >= 11 is 0. The molecule has 2 unspecified atom stereocenters. The number of unbranched alkanes of at least 4 members (excludes halogenated alkanes) is 70. The molecule has 0 spiro atoms. The van der Waals surface area contributed by atoms with Crippen LogP contribution in [0.1, 0.15) is 489 Å². The number of quaternary nitrogens is 1. The van der Waals surface area contributed by atoms with Crippen LogP contribution in [0.2, 0.25) is 0 Å². The minimum atomic E-state index is -4.64. The lowest BCUT2D eigenvalue weighted by atomic mass is 10.0. The van der Waals surface area contributed by atoms with Gasteiger partial charge in [0.2, 0.25) is 0 Å². The number of nitrogens with zero attached hydrogens (tertiary/aromatic N) is 1. The second-order valence-electron chi connectivity index (χ2n) is 31.6. The summed E-state index contributed by atoms with van der Waals surface area (Å²) in [6.45, 7) is 4.36. The van der Waals surface area contributed by atoms with E-state index in [-0.39, 0.29) is 32.0 Å². The zero-order valence-corrected chi connectivity index (χ0v) is 66.8. The Hall–Kier alpha value is -0.990. The number of carbonyl (C=O) groups is 2. The lowest BCUT2D eigenvalue weighted by Gasteiger charge is -2.28.